The van der Waals surface area contributed by atoms with E-state index in [0.29, 0.717) is 11.3 Å². The van der Waals surface area contributed by atoms with Crippen LogP contribution in [0.5, 0.6) is 0 Å². The van der Waals surface area contributed by atoms with Crippen molar-refractivity contribution in [3.05, 3.63) is 29.8 Å². The van der Waals surface area contributed by atoms with E-state index < -0.39 is 0 Å². The van der Waals surface area contributed by atoms with E-state index in [0.717, 1.165) is 25.7 Å². The number of carbonyl (C=O) groups is 3. The molecule has 1 saturated heterocycles. The van der Waals surface area contributed by atoms with Crippen LogP contribution in [0.3, 0.4) is 0 Å². The van der Waals surface area contributed by atoms with Gasteiger partial charge in [-0.15, -0.1) is 0 Å². The highest BCUT2D eigenvalue weighted by Crippen LogP contribution is 2.40. The van der Waals surface area contributed by atoms with E-state index in [4.69, 9.17) is 0 Å². The molecular formula is C17H20N2O3. The summed E-state index contributed by atoms with van der Waals surface area (Å²) in [7, 11) is 3.35. The normalized spacial score (nSPS) is 24.4. The lowest BCUT2D eigenvalue weighted by atomic mass is 9.81. The van der Waals surface area contributed by atoms with E-state index in [1.54, 1.807) is 38.4 Å². The summed E-state index contributed by atoms with van der Waals surface area (Å²) >= 11 is 0. The van der Waals surface area contributed by atoms with E-state index in [2.05, 4.69) is 0 Å². The van der Waals surface area contributed by atoms with Gasteiger partial charge in [0.05, 0.1) is 17.5 Å². The number of rotatable bonds is 2. The number of fused-ring (bicyclic) bond motifs is 1. The van der Waals surface area contributed by atoms with Crippen molar-refractivity contribution in [3.63, 3.8) is 0 Å². The van der Waals surface area contributed by atoms with Gasteiger partial charge >= 0.3 is 0 Å². The number of benzene rings is 1. The minimum Gasteiger partial charge on any atom is -0.345 e. The number of amides is 3. The van der Waals surface area contributed by atoms with Crippen molar-refractivity contribution in [2.75, 3.05) is 19.0 Å². The third-order valence-corrected chi connectivity index (χ3v) is 4.60. The highest BCUT2D eigenvalue weighted by atomic mass is 16.2. The van der Waals surface area contributed by atoms with Crippen molar-refractivity contribution in [1.29, 1.82) is 0 Å². The van der Waals surface area contributed by atoms with E-state index in [9.17, 15) is 14.4 Å². The third-order valence-electron chi connectivity index (χ3n) is 4.60. The fourth-order valence-corrected chi connectivity index (χ4v) is 3.45. The molecule has 0 radical (unpaired) electrons. The molecule has 2 aliphatic rings. The Bertz CT molecular complexity index is 615. The zero-order valence-corrected chi connectivity index (χ0v) is 12.9. The van der Waals surface area contributed by atoms with Crippen LogP contribution in [0.25, 0.3) is 0 Å². The maximum atomic E-state index is 12.6. The molecule has 1 aliphatic carbocycles. The summed E-state index contributed by atoms with van der Waals surface area (Å²) in [6.07, 6.45) is 3.60. The highest BCUT2D eigenvalue weighted by molar-refractivity contribution is 6.22. The largest absolute Gasteiger partial charge is 0.345 e. The van der Waals surface area contributed by atoms with Crippen molar-refractivity contribution in [2.24, 2.45) is 11.8 Å². The van der Waals surface area contributed by atoms with Crippen molar-refractivity contribution < 1.29 is 14.4 Å². The second-order valence-corrected chi connectivity index (χ2v) is 6.26. The molecule has 5 heteroatoms. The Morgan fingerprint density at radius 1 is 1.09 bits per heavy atom. The summed E-state index contributed by atoms with van der Waals surface area (Å²) in [5, 5.41) is 0. The smallest absolute Gasteiger partial charge is 0.253 e. The lowest BCUT2D eigenvalue weighted by Crippen LogP contribution is -2.31. The molecule has 1 aromatic carbocycles. The van der Waals surface area contributed by atoms with Crippen LogP contribution in [0, 0.1) is 11.8 Å². The molecular weight excluding hydrogens is 280 g/mol. The van der Waals surface area contributed by atoms with E-state index in [-0.39, 0.29) is 29.6 Å². The van der Waals surface area contributed by atoms with Crippen molar-refractivity contribution >= 4 is 23.4 Å². The maximum Gasteiger partial charge on any atom is 0.253 e. The SMILES string of the molecule is CN(C)C(=O)c1cccc(N2C(=O)C3CCCCC3C2=O)c1. The van der Waals surface area contributed by atoms with Crippen LogP contribution in [0.4, 0.5) is 5.69 Å². The Kier molecular flexibility index (Phi) is 3.72. The molecule has 0 bridgehead atoms. The van der Waals surface area contributed by atoms with Gasteiger partial charge in [0.1, 0.15) is 0 Å². The first kappa shape index (κ1) is 14.8. The molecule has 116 valence electrons. The molecule has 0 spiro atoms. The van der Waals surface area contributed by atoms with E-state index in [1.165, 1.54) is 9.80 Å². The first-order chi connectivity index (χ1) is 10.5. The second kappa shape index (κ2) is 5.55. The van der Waals surface area contributed by atoms with Crippen LogP contribution < -0.4 is 4.90 Å². The van der Waals surface area contributed by atoms with Crippen LogP contribution in [-0.2, 0) is 9.59 Å². The average Bonchev–Trinajstić information content (AvgIpc) is 2.78. The Labute approximate surface area is 129 Å². The first-order valence-corrected chi connectivity index (χ1v) is 7.70. The molecule has 0 N–H and O–H groups in total. The minimum absolute atomic E-state index is 0.107. The van der Waals surface area contributed by atoms with Gasteiger partial charge in [0.15, 0.2) is 0 Å². The molecule has 0 aromatic heterocycles. The van der Waals surface area contributed by atoms with Crippen molar-refractivity contribution in [1.82, 2.24) is 4.90 Å². The van der Waals surface area contributed by atoms with Gasteiger partial charge in [-0.2, -0.15) is 0 Å². The average molecular weight is 300 g/mol. The number of anilines is 1. The van der Waals surface area contributed by atoms with Gasteiger partial charge in [0.2, 0.25) is 11.8 Å². The third kappa shape index (κ3) is 2.30. The zero-order chi connectivity index (χ0) is 15.9. The molecule has 3 rings (SSSR count). The van der Waals surface area contributed by atoms with Gasteiger partial charge in [0, 0.05) is 19.7 Å². The van der Waals surface area contributed by atoms with E-state index in [1.807, 2.05) is 0 Å². The predicted octanol–water partition coefficient (Wildman–Crippen LogP) is 2.07. The summed E-state index contributed by atoms with van der Waals surface area (Å²) in [6, 6.07) is 6.77. The van der Waals surface area contributed by atoms with Crippen LogP contribution in [0.1, 0.15) is 36.0 Å². The predicted molar refractivity (Wildman–Crippen MR) is 82.4 cm³/mol. The molecule has 5 nitrogen and oxygen atoms in total. The summed E-state index contributed by atoms with van der Waals surface area (Å²) < 4.78 is 0. The number of hydrogen-bond acceptors (Lipinski definition) is 3. The van der Waals surface area contributed by atoms with Gasteiger partial charge in [-0.05, 0) is 31.0 Å². The first-order valence-electron chi connectivity index (χ1n) is 7.70. The van der Waals surface area contributed by atoms with Gasteiger partial charge in [-0.1, -0.05) is 18.9 Å². The Balaban J connectivity index is 1.94. The summed E-state index contributed by atoms with van der Waals surface area (Å²) in [5.41, 5.74) is 0.995. The summed E-state index contributed by atoms with van der Waals surface area (Å²) in [6.45, 7) is 0. The lowest BCUT2D eigenvalue weighted by Gasteiger charge is -2.19. The molecule has 2 unspecified atom stereocenters. The summed E-state index contributed by atoms with van der Waals surface area (Å²) in [4.78, 5) is 40.0. The second-order valence-electron chi connectivity index (χ2n) is 6.26. The van der Waals surface area contributed by atoms with Crippen LogP contribution in [0.2, 0.25) is 0 Å². The van der Waals surface area contributed by atoms with Crippen molar-refractivity contribution in [2.45, 2.75) is 25.7 Å². The molecule has 22 heavy (non-hydrogen) atoms. The van der Waals surface area contributed by atoms with Crippen LogP contribution in [-0.4, -0.2) is 36.7 Å². The van der Waals surface area contributed by atoms with Gasteiger partial charge < -0.3 is 4.90 Å². The lowest BCUT2D eigenvalue weighted by molar-refractivity contribution is -0.122. The molecule has 1 saturated carbocycles. The zero-order valence-electron chi connectivity index (χ0n) is 12.9. The topological polar surface area (TPSA) is 57.7 Å². The maximum absolute atomic E-state index is 12.6. The fourth-order valence-electron chi connectivity index (χ4n) is 3.45. The van der Waals surface area contributed by atoms with Crippen molar-refractivity contribution in [3.8, 4) is 0 Å². The fraction of sp³-hybridized carbons (Fsp3) is 0.471. The molecule has 1 heterocycles. The molecule has 1 aromatic rings. The summed E-state index contributed by atoms with van der Waals surface area (Å²) in [5.74, 6) is -0.699. The monoisotopic (exact) mass is 300 g/mol. The van der Waals surface area contributed by atoms with Gasteiger partial charge in [-0.3, -0.25) is 19.3 Å². The van der Waals surface area contributed by atoms with E-state index >= 15 is 0 Å². The molecule has 2 fully saturated rings. The standard InChI is InChI=1S/C17H20N2O3/c1-18(2)15(20)11-6-5-7-12(10-11)19-16(21)13-8-3-4-9-14(13)17(19)22/h5-7,10,13-14H,3-4,8-9H2,1-2H3. The Morgan fingerprint density at radius 2 is 1.68 bits per heavy atom. The molecule has 3 amide bonds. The Morgan fingerprint density at radius 3 is 2.23 bits per heavy atom. The Hall–Kier alpha value is -2.17. The quantitative estimate of drug-likeness (QED) is 0.786. The molecule has 1 aliphatic heterocycles. The van der Waals surface area contributed by atoms with Gasteiger partial charge in [-0.25, -0.2) is 0 Å². The number of hydrogen-bond donors (Lipinski definition) is 0. The number of imide groups is 1. The minimum atomic E-state index is -0.172. The van der Waals surface area contributed by atoms with Crippen LogP contribution in [0.15, 0.2) is 24.3 Å². The number of nitrogens with zero attached hydrogens (tertiary/aromatic N) is 2. The number of carbonyl (C=O) groups excluding carboxylic acids is 3. The molecule has 2 atom stereocenters. The van der Waals surface area contributed by atoms with Crippen LogP contribution >= 0.6 is 0 Å². The highest BCUT2D eigenvalue weighted by Gasteiger charge is 2.48. The van der Waals surface area contributed by atoms with Gasteiger partial charge in [0.25, 0.3) is 5.91 Å².